The van der Waals surface area contributed by atoms with Gasteiger partial charge in [0, 0.05) is 36.7 Å². The standard InChI is InChI=1S/C20H18N4S/c1-2-4-13(5-3-1)16-11-21-12-17(16)20-24-18-7-6-14(8-19(18)25-20)15-9-22-23-10-15/h1-10,16-17,21H,11-12H2,(H,22,23)/t16-,17?/m1/s1. The van der Waals surface area contributed by atoms with Crippen molar-refractivity contribution in [2.45, 2.75) is 11.8 Å². The Morgan fingerprint density at radius 2 is 1.84 bits per heavy atom. The lowest BCUT2D eigenvalue weighted by atomic mass is 9.89. The Morgan fingerprint density at radius 3 is 2.68 bits per heavy atom. The van der Waals surface area contributed by atoms with Gasteiger partial charge in [-0.15, -0.1) is 11.3 Å². The van der Waals surface area contributed by atoms with Crippen LogP contribution in [0.15, 0.2) is 60.9 Å². The summed E-state index contributed by atoms with van der Waals surface area (Å²) in [6, 6.07) is 17.3. The van der Waals surface area contributed by atoms with Crippen molar-refractivity contribution in [3.8, 4) is 11.1 Å². The number of rotatable bonds is 3. The molecule has 0 saturated carbocycles. The molecule has 0 aliphatic carbocycles. The van der Waals surface area contributed by atoms with Crippen LogP contribution in [-0.4, -0.2) is 28.3 Å². The van der Waals surface area contributed by atoms with E-state index >= 15 is 0 Å². The first-order chi connectivity index (χ1) is 12.4. The molecule has 2 N–H and O–H groups in total. The minimum Gasteiger partial charge on any atom is -0.315 e. The Hall–Kier alpha value is -2.50. The Morgan fingerprint density at radius 1 is 0.960 bits per heavy atom. The number of hydrogen-bond acceptors (Lipinski definition) is 4. The number of thiazole rings is 1. The Bertz CT molecular complexity index is 991. The van der Waals surface area contributed by atoms with E-state index < -0.39 is 0 Å². The Balaban J connectivity index is 1.52. The van der Waals surface area contributed by atoms with Crippen molar-refractivity contribution in [1.82, 2.24) is 20.5 Å². The fourth-order valence-electron chi connectivity index (χ4n) is 3.68. The summed E-state index contributed by atoms with van der Waals surface area (Å²) >= 11 is 1.82. The molecule has 2 atom stereocenters. The molecule has 0 spiro atoms. The van der Waals surface area contributed by atoms with E-state index in [2.05, 4.69) is 64.0 Å². The molecule has 1 unspecified atom stereocenters. The zero-order valence-corrected chi connectivity index (χ0v) is 14.5. The van der Waals surface area contributed by atoms with Crippen molar-refractivity contribution in [2.75, 3.05) is 13.1 Å². The second kappa shape index (κ2) is 6.10. The van der Waals surface area contributed by atoms with Gasteiger partial charge in [0.25, 0.3) is 0 Å². The highest BCUT2D eigenvalue weighted by Gasteiger charge is 2.31. The van der Waals surface area contributed by atoms with E-state index in [1.54, 1.807) is 0 Å². The van der Waals surface area contributed by atoms with E-state index in [9.17, 15) is 0 Å². The second-order valence-electron chi connectivity index (χ2n) is 6.50. The molecule has 0 bridgehead atoms. The number of hydrogen-bond donors (Lipinski definition) is 2. The summed E-state index contributed by atoms with van der Waals surface area (Å²) in [4.78, 5) is 4.95. The van der Waals surface area contributed by atoms with E-state index in [0.717, 1.165) is 24.2 Å². The van der Waals surface area contributed by atoms with Crippen LogP contribution < -0.4 is 5.32 Å². The fraction of sp³-hybridized carbons (Fsp3) is 0.200. The maximum atomic E-state index is 4.95. The molecule has 25 heavy (non-hydrogen) atoms. The van der Waals surface area contributed by atoms with Gasteiger partial charge in [-0.05, 0) is 23.3 Å². The molecule has 4 nitrogen and oxygen atoms in total. The molecule has 1 fully saturated rings. The molecule has 1 aliphatic heterocycles. The van der Waals surface area contributed by atoms with Gasteiger partial charge in [-0.2, -0.15) is 5.10 Å². The summed E-state index contributed by atoms with van der Waals surface area (Å²) in [5, 5.41) is 11.7. The van der Waals surface area contributed by atoms with E-state index in [-0.39, 0.29) is 0 Å². The lowest BCUT2D eigenvalue weighted by Crippen LogP contribution is -2.08. The summed E-state index contributed by atoms with van der Waals surface area (Å²) in [7, 11) is 0. The highest BCUT2D eigenvalue weighted by Crippen LogP contribution is 2.39. The molecular formula is C20H18N4S. The normalized spacial score (nSPS) is 20.3. The molecule has 1 aliphatic rings. The van der Waals surface area contributed by atoms with Gasteiger partial charge in [-0.25, -0.2) is 4.98 Å². The van der Waals surface area contributed by atoms with Crippen LogP contribution in [0.5, 0.6) is 0 Å². The van der Waals surface area contributed by atoms with Crippen molar-refractivity contribution in [3.05, 3.63) is 71.5 Å². The molecule has 3 heterocycles. The molecule has 5 heteroatoms. The first-order valence-corrected chi connectivity index (χ1v) is 9.35. The van der Waals surface area contributed by atoms with Gasteiger partial charge in [0.1, 0.15) is 0 Å². The summed E-state index contributed by atoms with van der Waals surface area (Å²) in [5.74, 6) is 0.937. The summed E-state index contributed by atoms with van der Waals surface area (Å²) in [6.07, 6.45) is 3.78. The van der Waals surface area contributed by atoms with Crippen molar-refractivity contribution < 1.29 is 0 Å². The zero-order valence-electron chi connectivity index (χ0n) is 13.6. The van der Waals surface area contributed by atoms with Gasteiger partial charge in [0.15, 0.2) is 0 Å². The minimum absolute atomic E-state index is 0.442. The molecular weight excluding hydrogens is 328 g/mol. The number of fused-ring (bicyclic) bond motifs is 1. The van der Waals surface area contributed by atoms with Crippen LogP contribution in [-0.2, 0) is 0 Å². The maximum absolute atomic E-state index is 4.95. The molecule has 124 valence electrons. The monoisotopic (exact) mass is 346 g/mol. The van der Waals surface area contributed by atoms with Crippen LogP contribution in [0.1, 0.15) is 22.4 Å². The fourth-order valence-corrected chi connectivity index (χ4v) is 4.85. The summed E-state index contributed by atoms with van der Waals surface area (Å²) in [6.45, 7) is 2.01. The molecule has 2 aromatic heterocycles. The van der Waals surface area contributed by atoms with Crippen LogP contribution in [0, 0.1) is 0 Å². The smallest absolute Gasteiger partial charge is 0.0988 e. The largest absolute Gasteiger partial charge is 0.315 e. The average molecular weight is 346 g/mol. The van der Waals surface area contributed by atoms with Crippen LogP contribution >= 0.6 is 11.3 Å². The molecule has 2 aromatic carbocycles. The van der Waals surface area contributed by atoms with E-state index in [1.165, 1.54) is 20.8 Å². The van der Waals surface area contributed by atoms with Gasteiger partial charge < -0.3 is 5.32 Å². The highest BCUT2D eigenvalue weighted by molar-refractivity contribution is 7.18. The van der Waals surface area contributed by atoms with Crippen LogP contribution in [0.4, 0.5) is 0 Å². The summed E-state index contributed by atoms with van der Waals surface area (Å²) in [5.41, 5.74) is 4.78. The number of aromatic nitrogens is 3. The van der Waals surface area contributed by atoms with E-state index in [0.29, 0.717) is 11.8 Å². The van der Waals surface area contributed by atoms with E-state index in [4.69, 9.17) is 4.98 Å². The molecule has 1 saturated heterocycles. The van der Waals surface area contributed by atoms with Crippen molar-refractivity contribution in [2.24, 2.45) is 0 Å². The third-order valence-electron chi connectivity index (χ3n) is 5.00. The van der Waals surface area contributed by atoms with E-state index in [1.807, 2.05) is 23.7 Å². The third-order valence-corrected chi connectivity index (χ3v) is 6.15. The van der Waals surface area contributed by atoms with Gasteiger partial charge >= 0.3 is 0 Å². The molecule has 4 aromatic rings. The first-order valence-electron chi connectivity index (χ1n) is 8.54. The minimum atomic E-state index is 0.442. The number of aromatic amines is 1. The van der Waals surface area contributed by atoms with Crippen LogP contribution in [0.2, 0.25) is 0 Å². The van der Waals surface area contributed by atoms with Gasteiger partial charge in [0.2, 0.25) is 0 Å². The van der Waals surface area contributed by atoms with Gasteiger partial charge in [-0.1, -0.05) is 36.4 Å². The van der Waals surface area contributed by atoms with Crippen LogP contribution in [0.25, 0.3) is 21.3 Å². The number of nitrogens with zero attached hydrogens (tertiary/aromatic N) is 2. The highest BCUT2D eigenvalue weighted by atomic mass is 32.1. The average Bonchev–Trinajstić information content (AvgIpc) is 3.40. The number of benzene rings is 2. The number of nitrogens with one attached hydrogen (secondary N) is 2. The lowest BCUT2D eigenvalue weighted by molar-refractivity contribution is 0.663. The van der Waals surface area contributed by atoms with Crippen molar-refractivity contribution in [3.63, 3.8) is 0 Å². The number of H-pyrrole nitrogens is 1. The summed E-state index contributed by atoms with van der Waals surface area (Å²) < 4.78 is 1.24. The quantitative estimate of drug-likeness (QED) is 0.586. The second-order valence-corrected chi connectivity index (χ2v) is 7.57. The van der Waals surface area contributed by atoms with Gasteiger partial charge in [0.05, 0.1) is 21.4 Å². The third kappa shape index (κ3) is 2.65. The lowest BCUT2D eigenvalue weighted by Gasteiger charge is -2.16. The Kier molecular flexibility index (Phi) is 3.61. The van der Waals surface area contributed by atoms with Crippen molar-refractivity contribution in [1.29, 1.82) is 0 Å². The molecule has 0 radical (unpaired) electrons. The molecule has 0 amide bonds. The maximum Gasteiger partial charge on any atom is 0.0988 e. The zero-order chi connectivity index (χ0) is 16.6. The SMILES string of the molecule is c1ccc([C@H]2CNCC2c2nc3ccc(-c4cn[nH]c4)cc3s2)cc1. The first kappa shape index (κ1) is 14.8. The topological polar surface area (TPSA) is 53.6 Å². The molecule has 5 rings (SSSR count). The predicted molar refractivity (Wildman–Crippen MR) is 102 cm³/mol. The Labute approximate surface area is 149 Å². The van der Waals surface area contributed by atoms with Gasteiger partial charge in [-0.3, -0.25) is 5.10 Å². The van der Waals surface area contributed by atoms with Crippen LogP contribution in [0.3, 0.4) is 0 Å². The predicted octanol–water partition coefficient (Wildman–Crippen LogP) is 4.16. The van der Waals surface area contributed by atoms with Crippen molar-refractivity contribution >= 4 is 21.6 Å².